The van der Waals surface area contributed by atoms with Crippen molar-refractivity contribution in [2.45, 2.75) is 0 Å². The number of anilines is 1. The van der Waals surface area contributed by atoms with E-state index in [9.17, 15) is 22.5 Å². The van der Waals surface area contributed by atoms with Crippen LogP contribution in [0.1, 0.15) is 10.4 Å². The molecule has 7 heteroatoms. The molecule has 0 saturated heterocycles. The summed E-state index contributed by atoms with van der Waals surface area (Å²) in [7, 11) is 0. The van der Waals surface area contributed by atoms with E-state index < -0.39 is 24.1 Å². The number of carbonyl (C=O) groups excluding carboxylic acids is 2. The Hall–Kier alpha value is -1.79. The average molecular weight is 214 g/mol. The fraction of sp³-hybridized carbons (Fsp3) is 0. The summed E-state index contributed by atoms with van der Waals surface area (Å²) in [6, 6.07) is 2.59. The first-order chi connectivity index (χ1) is 6.89. The fourth-order valence-electron chi connectivity index (χ4n) is 1.37. The zero-order valence-electron chi connectivity index (χ0n) is 7.26. The van der Waals surface area contributed by atoms with Crippen LogP contribution in [0.25, 0.3) is 0 Å². The van der Waals surface area contributed by atoms with Gasteiger partial charge in [-0.3, -0.25) is 9.59 Å². The standard InChI is InChI=1S/C8H4BF3NO2/c10-9(11,12)4-1-2-5-6(3-4)13-8(15)7(5)14/h1-3H,(H,13,14,15)/q-1. The molecule has 0 fully saturated rings. The Morgan fingerprint density at radius 2 is 1.80 bits per heavy atom. The van der Waals surface area contributed by atoms with Gasteiger partial charge in [0.25, 0.3) is 11.7 Å². The molecule has 0 bridgehead atoms. The predicted molar refractivity (Wildman–Crippen MR) is 48.1 cm³/mol. The number of carbonyl (C=O) groups is 2. The van der Waals surface area contributed by atoms with Crippen LogP contribution in [0, 0.1) is 0 Å². The van der Waals surface area contributed by atoms with Gasteiger partial charge in [0.1, 0.15) is 0 Å². The second kappa shape index (κ2) is 2.85. The van der Waals surface area contributed by atoms with Crippen LogP contribution >= 0.6 is 0 Å². The van der Waals surface area contributed by atoms with Gasteiger partial charge >= 0.3 is 6.98 Å². The van der Waals surface area contributed by atoms with E-state index in [1.807, 2.05) is 0 Å². The first kappa shape index (κ1) is 9.76. The molecule has 1 aromatic carbocycles. The summed E-state index contributed by atoms with van der Waals surface area (Å²) in [5, 5.41) is 2.08. The Bertz CT molecular complexity index is 469. The van der Waals surface area contributed by atoms with Crippen LogP contribution in [-0.2, 0) is 4.79 Å². The van der Waals surface area contributed by atoms with Gasteiger partial charge in [0.2, 0.25) is 0 Å². The number of hydrogen-bond donors (Lipinski definition) is 1. The molecule has 0 aliphatic carbocycles. The van der Waals surface area contributed by atoms with Crippen molar-refractivity contribution >= 4 is 29.8 Å². The Morgan fingerprint density at radius 3 is 2.40 bits per heavy atom. The lowest BCUT2D eigenvalue weighted by Gasteiger charge is -2.15. The van der Waals surface area contributed by atoms with Gasteiger partial charge < -0.3 is 18.3 Å². The van der Waals surface area contributed by atoms with E-state index in [0.717, 1.165) is 18.2 Å². The average Bonchev–Trinajstić information content (AvgIpc) is 2.41. The molecule has 1 aromatic rings. The molecule has 1 aliphatic rings. The van der Waals surface area contributed by atoms with Crippen molar-refractivity contribution in [3.8, 4) is 0 Å². The number of Topliss-reactive ketones (excluding diaryl/α,β-unsaturated/α-hetero) is 1. The SMILES string of the molecule is O=C1Nc2cc([B-](F)(F)F)ccc2C1=O. The van der Waals surface area contributed by atoms with Gasteiger partial charge in [0.15, 0.2) is 0 Å². The second-order valence-corrected chi connectivity index (χ2v) is 3.16. The van der Waals surface area contributed by atoms with Gasteiger partial charge in [-0.1, -0.05) is 18.2 Å². The molecule has 0 spiro atoms. The molecule has 1 aliphatic heterocycles. The highest BCUT2D eigenvalue weighted by Gasteiger charge is 2.31. The molecule has 0 radical (unpaired) electrons. The summed E-state index contributed by atoms with van der Waals surface area (Å²) < 4.78 is 36.9. The Balaban J connectivity index is 2.51. The highest BCUT2D eigenvalue weighted by atomic mass is 19.4. The van der Waals surface area contributed by atoms with E-state index in [-0.39, 0.29) is 11.3 Å². The summed E-state index contributed by atoms with van der Waals surface area (Å²) in [5.74, 6) is -1.69. The van der Waals surface area contributed by atoms with Crippen molar-refractivity contribution in [2.24, 2.45) is 0 Å². The van der Waals surface area contributed by atoms with Crippen LogP contribution in [0.4, 0.5) is 18.6 Å². The maximum Gasteiger partial charge on any atom is 0.509 e. The Kier molecular flexibility index (Phi) is 1.85. The van der Waals surface area contributed by atoms with E-state index in [4.69, 9.17) is 0 Å². The minimum Gasteiger partial charge on any atom is -0.445 e. The van der Waals surface area contributed by atoms with Gasteiger partial charge in [-0.15, -0.1) is 5.46 Å². The third kappa shape index (κ3) is 1.49. The smallest absolute Gasteiger partial charge is 0.445 e. The Morgan fingerprint density at radius 1 is 1.13 bits per heavy atom. The summed E-state index contributed by atoms with van der Waals surface area (Å²) in [4.78, 5) is 21.9. The lowest BCUT2D eigenvalue weighted by molar-refractivity contribution is -0.112. The number of rotatable bonds is 1. The highest BCUT2D eigenvalue weighted by molar-refractivity contribution is 6.73. The van der Waals surface area contributed by atoms with Crippen molar-refractivity contribution in [2.75, 3.05) is 5.32 Å². The topological polar surface area (TPSA) is 46.2 Å². The summed E-state index contributed by atoms with van der Waals surface area (Å²) >= 11 is 0. The molecule has 1 heterocycles. The van der Waals surface area contributed by atoms with Crippen LogP contribution in [0.3, 0.4) is 0 Å². The third-order valence-electron chi connectivity index (χ3n) is 2.12. The third-order valence-corrected chi connectivity index (χ3v) is 2.12. The number of benzene rings is 1. The molecular weight excluding hydrogens is 210 g/mol. The molecule has 0 saturated carbocycles. The number of hydrogen-bond acceptors (Lipinski definition) is 2. The molecule has 15 heavy (non-hydrogen) atoms. The molecule has 0 aromatic heterocycles. The molecule has 78 valence electrons. The fourth-order valence-corrected chi connectivity index (χ4v) is 1.37. The lowest BCUT2D eigenvalue weighted by Crippen LogP contribution is -2.33. The molecule has 0 unspecified atom stereocenters. The van der Waals surface area contributed by atoms with Crippen LogP contribution in [-0.4, -0.2) is 18.7 Å². The van der Waals surface area contributed by atoms with E-state index in [1.165, 1.54) is 0 Å². The number of fused-ring (bicyclic) bond motifs is 1. The highest BCUT2D eigenvalue weighted by Crippen LogP contribution is 2.23. The van der Waals surface area contributed by atoms with Crippen molar-refractivity contribution in [1.82, 2.24) is 0 Å². The van der Waals surface area contributed by atoms with Crippen LogP contribution in [0.5, 0.6) is 0 Å². The van der Waals surface area contributed by atoms with Gasteiger partial charge in [0.05, 0.1) is 5.56 Å². The van der Waals surface area contributed by atoms with E-state index in [0.29, 0.717) is 0 Å². The number of amides is 1. The van der Waals surface area contributed by atoms with Gasteiger partial charge in [-0.05, 0) is 0 Å². The molecule has 3 nitrogen and oxygen atoms in total. The largest absolute Gasteiger partial charge is 0.509 e. The zero-order valence-corrected chi connectivity index (χ0v) is 7.26. The molecule has 2 rings (SSSR count). The molecule has 1 amide bonds. The Labute approximate surface area is 82.3 Å². The summed E-state index contributed by atoms with van der Waals surface area (Å²) in [6.07, 6.45) is 0. The minimum absolute atomic E-state index is 0.0104. The first-order valence-electron chi connectivity index (χ1n) is 4.09. The normalized spacial score (nSPS) is 15.1. The first-order valence-corrected chi connectivity index (χ1v) is 4.09. The quantitative estimate of drug-likeness (QED) is 0.556. The number of ketones is 1. The van der Waals surface area contributed by atoms with Gasteiger partial charge in [-0.25, -0.2) is 0 Å². The molecule has 1 N–H and O–H groups in total. The zero-order chi connectivity index (χ0) is 11.2. The maximum absolute atomic E-state index is 12.3. The minimum atomic E-state index is -5.11. The molecular formula is C8H4BF3NO2-. The van der Waals surface area contributed by atoms with Crippen molar-refractivity contribution in [3.63, 3.8) is 0 Å². The summed E-state index contributed by atoms with van der Waals surface area (Å²) in [5.41, 5.74) is -0.908. The predicted octanol–water partition coefficient (Wildman–Crippen LogP) is 0.876. The number of halogens is 3. The van der Waals surface area contributed by atoms with E-state index in [2.05, 4.69) is 5.32 Å². The van der Waals surface area contributed by atoms with Crippen molar-refractivity contribution < 1.29 is 22.5 Å². The molecule has 0 atom stereocenters. The van der Waals surface area contributed by atoms with E-state index in [1.54, 1.807) is 0 Å². The summed E-state index contributed by atoms with van der Waals surface area (Å²) in [6.45, 7) is -5.11. The van der Waals surface area contributed by atoms with Gasteiger partial charge in [0, 0.05) is 5.69 Å². The van der Waals surface area contributed by atoms with Crippen LogP contribution < -0.4 is 10.8 Å². The number of nitrogens with one attached hydrogen (secondary N) is 1. The second-order valence-electron chi connectivity index (χ2n) is 3.16. The van der Waals surface area contributed by atoms with Crippen molar-refractivity contribution in [3.05, 3.63) is 23.8 Å². The van der Waals surface area contributed by atoms with Gasteiger partial charge in [-0.2, -0.15) is 0 Å². The maximum atomic E-state index is 12.3. The van der Waals surface area contributed by atoms with Crippen LogP contribution in [0.15, 0.2) is 18.2 Å². The van der Waals surface area contributed by atoms with Crippen LogP contribution in [0.2, 0.25) is 0 Å². The van der Waals surface area contributed by atoms with Crippen molar-refractivity contribution in [1.29, 1.82) is 0 Å². The monoisotopic (exact) mass is 214 g/mol. The van der Waals surface area contributed by atoms with E-state index >= 15 is 0 Å². The lowest BCUT2D eigenvalue weighted by atomic mass is 9.79.